The van der Waals surface area contributed by atoms with Gasteiger partial charge in [-0.25, -0.2) is 10.8 Å². The zero-order valence-electron chi connectivity index (χ0n) is 10.0. The van der Waals surface area contributed by atoms with Crippen molar-refractivity contribution in [2.24, 2.45) is 5.84 Å². The van der Waals surface area contributed by atoms with Crippen LogP contribution in [0.2, 0.25) is 0 Å². The van der Waals surface area contributed by atoms with E-state index >= 15 is 0 Å². The molecule has 0 aliphatic carbocycles. The van der Waals surface area contributed by atoms with Crippen LogP contribution >= 0.6 is 0 Å². The van der Waals surface area contributed by atoms with E-state index in [2.05, 4.69) is 14.7 Å². The topological polar surface area (TPSA) is 73.1 Å². The van der Waals surface area contributed by atoms with Gasteiger partial charge in [0.25, 0.3) is 6.10 Å². The number of hydrogen-bond donors (Lipinski definition) is 2. The van der Waals surface area contributed by atoms with Crippen molar-refractivity contribution < 1.29 is 31.1 Å². The van der Waals surface area contributed by atoms with E-state index in [4.69, 9.17) is 5.84 Å². The largest absolute Gasteiger partial charge is 0.455 e. The molecule has 11 heteroatoms. The molecule has 0 aliphatic rings. The smallest absolute Gasteiger partial charge is 0.434 e. The first kappa shape index (κ1) is 16.3. The Morgan fingerprint density at radius 1 is 1.20 bits per heavy atom. The molecule has 1 aromatic heterocycles. The summed E-state index contributed by atoms with van der Waals surface area (Å²) in [5, 5.41) is 0. The normalized spacial score (nSPS) is 12.7. The summed E-state index contributed by atoms with van der Waals surface area (Å²) in [5.74, 6) is 3.96. The van der Waals surface area contributed by atoms with Gasteiger partial charge >= 0.3 is 12.4 Å². The SMILES string of the molecule is CCc1nc(NN)cc(OC(C(F)(F)F)C(F)(F)F)n1. The molecule has 3 N–H and O–H groups in total. The van der Waals surface area contributed by atoms with E-state index in [0.29, 0.717) is 0 Å². The minimum atomic E-state index is -5.62. The van der Waals surface area contributed by atoms with Crippen molar-refractivity contribution in [3.05, 3.63) is 11.9 Å². The number of nitrogens with two attached hydrogens (primary N) is 1. The molecule has 0 spiro atoms. The molecule has 0 amide bonds. The van der Waals surface area contributed by atoms with Crippen LogP contribution in [0.4, 0.5) is 32.2 Å². The van der Waals surface area contributed by atoms with Crippen LogP contribution in [0.3, 0.4) is 0 Å². The van der Waals surface area contributed by atoms with Crippen LogP contribution in [-0.4, -0.2) is 28.4 Å². The first-order valence-corrected chi connectivity index (χ1v) is 5.22. The summed E-state index contributed by atoms with van der Waals surface area (Å²) in [6.07, 6.45) is -15.0. The zero-order chi connectivity index (χ0) is 15.6. The minimum Gasteiger partial charge on any atom is -0.455 e. The maximum absolute atomic E-state index is 12.3. The van der Waals surface area contributed by atoms with E-state index in [0.717, 1.165) is 6.07 Å². The second-order valence-electron chi connectivity index (χ2n) is 3.59. The highest BCUT2D eigenvalue weighted by Gasteiger charge is 2.59. The second kappa shape index (κ2) is 5.69. The zero-order valence-corrected chi connectivity index (χ0v) is 10.0. The Balaban J connectivity index is 3.11. The van der Waals surface area contributed by atoms with Gasteiger partial charge < -0.3 is 10.2 Å². The van der Waals surface area contributed by atoms with Crippen LogP contribution in [0.5, 0.6) is 5.88 Å². The number of aryl methyl sites for hydroxylation is 1. The Bertz CT molecular complexity index is 424. The Hall–Kier alpha value is -1.78. The summed E-state index contributed by atoms with van der Waals surface area (Å²) in [5.41, 5.74) is 2.00. The van der Waals surface area contributed by atoms with Gasteiger partial charge in [0.1, 0.15) is 11.6 Å². The highest BCUT2D eigenvalue weighted by atomic mass is 19.4. The van der Waals surface area contributed by atoms with E-state index in [1.807, 2.05) is 5.43 Å². The van der Waals surface area contributed by atoms with Gasteiger partial charge in [0.2, 0.25) is 5.88 Å². The Morgan fingerprint density at radius 3 is 2.15 bits per heavy atom. The van der Waals surface area contributed by atoms with Crippen LogP contribution in [0.25, 0.3) is 0 Å². The van der Waals surface area contributed by atoms with E-state index in [1.165, 1.54) is 0 Å². The number of alkyl halides is 6. The predicted molar refractivity (Wildman–Crippen MR) is 55.7 cm³/mol. The van der Waals surface area contributed by atoms with Crippen molar-refractivity contribution >= 4 is 5.82 Å². The third-order valence-electron chi connectivity index (χ3n) is 2.05. The molecule has 0 radical (unpaired) electrons. The molecule has 0 saturated heterocycles. The minimum absolute atomic E-state index is 0.0152. The molecule has 0 bridgehead atoms. The van der Waals surface area contributed by atoms with Gasteiger partial charge in [-0.05, 0) is 0 Å². The molecule has 1 rings (SSSR count). The Morgan fingerprint density at radius 2 is 1.75 bits per heavy atom. The second-order valence-corrected chi connectivity index (χ2v) is 3.59. The molecular formula is C9H10F6N4O. The van der Waals surface area contributed by atoms with Gasteiger partial charge in [0, 0.05) is 12.5 Å². The fourth-order valence-electron chi connectivity index (χ4n) is 1.21. The van der Waals surface area contributed by atoms with Crippen LogP contribution in [0.1, 0.15) is 12.7 Å². The lowest BCUT2D eigenvalue weighted by Crippen LogP contribution is -2.46. The van der Waals surface area contributed by atoms with Crippen molar-refractivity contribution in [3.8, 4) is 5.88 Å². The Kier molecular flexibility index (Phi) is 4.63. The molecule has 0 saturated carbocycles. The summed E-state index contributed by atoms with van der Waals surface area (Å²) in [6.45, 7) is 1.56. The van der Waals surface area contributed by atoms with Crippen LogP contribution in [-0.2, 0) is 6.42 Å². The van der Waals surface area contributed by atoms with Crippen molar-refractivity contribution in [1.82, 2.24) is 9.97 Å². The predicted octanol–water partition coefficient (Wildman–Crippen LogP) is 2.20. The molecule has 114 valence electrons. The monoisotopic (exact) mass is 304 g/mol. The number of anilines is 1. The molecule has 0 unspecified atom stereocenters. The lowest BCUT2D eigenvalue weighted by atomic mass is 10.3. The van der Waals surface area contributed by atoms with Crippen molar-refractivity contribution in [1.29, 1.82) is 0 Å². The molecule has 5 nitrogen and oxygen atoms in total. The lowest BCUT2D eigenvalue weighted by Gasteiger charge is -2.23. The third-order valence-corrected chi connectivity index (χ3v) is 2.05. The Labute approximate surface area is 109 Å². The van der Waals surface area contributed by atoms with Crippen molar-refractivity contribution in [2.45, 2.75) is 31.8 Å². The van der Waals surface area contributed by atoms with E-state index < -0.39 is 24.3 Å². The van der Waals surface area contributed by atoms with Gasteiger partial charge in [-0.3, -0.25) is 0 Å². The number of nitrogens with zero attached hydrogens (tertiary/aromatic N) is 2. The maximum atomic E-state index is 12.3. The van der Waals surface area contributed by atoms with Gasteiger partial charge in [0.15, 0.2) is 0 Å². The third kappa shape index (κ3) is 4.11. The summed E-state index contributed by atoms with van der Waals surface area (Å²) < 4.78 is 78.0. The van der Waals surface area contributed by atoms with Crippen LogP contribution in [0, 0.1) is 0 Å². The number of halogens is 6. The molecule has 0 aliphatic heterocycles. The standard InChI is InChI=1S/C9H10F6N4O/c1-2-4-17-5(19-16)3-6(18-4)20-7(8(10,11)12)9(13,14)15/h3,7H,2,16H2,1H3,(H,17,18,19). The number of aromatic nitrogens is 2. The van der Waals surface area contributed by atoms with Crippen LogP contribution in [0.15, 0.2) is 6.07 Å². The van der Waals surface area contributed by atoms with Crippen molar-refractivity contribution in [2.75, 3.05) is 5.43 Å². The quantitative estimate of drug-likeness (QED) is 0.507. The molecular weight excluding hydrogens is 294 g/mol. The number of hydrogen-bond acceptors (Lipinski definition) is 5. The molecule has 1 aromatic rings. The molecule has 1 heterocycles. The average Bonchev–Trinajstić information content (AvgIpc) is 2.32. The fraction of sp³-hybridized carbons (Fsp3) is 0.556. The number of rotatable bonds is 4. The van der Waals surface area contributed by atoms with Gasteiger partial charge in [-0.1, -0.05) is 6.92 Å². The van der Waals surface area contributed by atoms with Gasteiger partial charge in [-0.2, -0.15) is 31.3 Å². The fourth-order valence-corrected chi connectivity index (χ4v) is 1.21. The number of nitrogens with one attached hydrogen (secondary N) is 1. The summed E-state index contributed by atoms with van der Waals surface area (Å²) in [4.78, 5) is 7.15. The first-order valence-electron chi connectivity index (χ1n) is 5.22. The summed E-state index contributed by atoms with van der Waals surface area (Å²) >= 11 is 0. The highest BCUT2D eigenvalue weighted by molar-refractivity contribution is 5.37. The van der Waals surface area contributed by atoms with Crippen LogP contribution < -0.4 is 16.0 Å². The number of hydrazine groups is 1. The molecule has 0 atom stereocenters. The van der Waals surface area contributed by atoms with Gasteiger partial charge in [-0.15, -0.1) is 0 Å². The molecule has 0 fully saturated rings. The van der Waals surface area contributed by atoms with E-state index in [9.17, 15) is 26.3 Å². The average molecular weight is 304 g/mol. The van der Waals surface area contributed by atoms with E-state index in [-0.39, 0.29) is 18.1 Å². The number of nitrogen functional groups attached to an aromatic ring is 1. The molecule has 20 heavy (non-hydrogen) atoms. The highest BCUT2D eigenvalue weighted by Crippen LogP contribution is 2.36. The van der Waals surface area contributed by atoms with Crippen molar-refractivity contribution in [3.63, 3.8) is 0 Å². The maximum Gasteiger partial charge on any atom is 0.434 e. The number of ether oxygens (including phenoxy) is 1. The first-order chi connectivity index (χ1) is 9.07. The lowest BCUT2D eigenvalue weighted by molar-refractivity contribution is -0.300. The van der Waals surface area contributed by atoms with Gasteiger partial charge in [0.05, 0.1) is 0 Å². The summed E-state index contributed by atoms with van der Waals surface area (Å²) in [6, 6.07) is 0.740. The van der Waals surface area contributed by atoms with E-state index in [1.54, 1.807) is 6.92 Å². The molecule has 0 aromatic carbocycles. The summed E-state index contributed by atoms with van der Waals surface area (Å²) in [7, 11) is 0.